The molecule has 0 bridgehead atoms. The van der Waals surface area contributed by atoms with Crippen LogP contribution in [0.1, 0.15) is 30.1 Å². The van der Waals surface area contributed by atoms with E-state index in [1.54, 1.807) is 18.2 Å². The van der Waals surface area contributed by atoms with Gasteiger partial charge in [-0.15, -0.1) is 0 Å². The van der Waals surface area contributed by atoms with E-state index < -0.39 is 0 Å². The molecule has 0 N–H and O–H groups in total. The normalized spacial score (nSPS) is 14.8. The second-order valence-electron chi connectivity index (χ2n) is 4.38. The summed E-state index contributed by atoms with van der Waals surface area (Å²) in [6.45, 7) is 3.83. The molecule has 1 aliphatic rings. The highest BCUT2D eigenvalue weighted by Gasteiger charge is 2.32. The van der Waals surface area contributed by atoms with E-state index in [1.165, 1.54) is 0 Å². The average molecular weight is 280 g/mol. The zero-order valence-corrected chi connectivity index (χ0v) is 11.1. The molecule has 0 aliphatic heterocycles. The van der Waals surface area contributed by atoms with Gasteiger partial charge in [-0.2, -0.15) is 0 Å². The maximum absolute atomic E-state index is 6.20. The highest BCUT2D eigenvalue weighted by molar-refractivity contribution is 6.39. The molecular formula is C14H11Cl2NO. The Morgan fingerprint density at radius 1 is 1.28 bits per heavy atom. The molecule has 4 heteroatoms. The molecule has 0 amide bonds. The molecule has 1 saturated carbocycles. The van der Waals surface area contributed by atoms with Gasteiger partial charge in [-0.25, -0.2) is 0 Å². The lowest BCUT2D eigenvalue weighted by Gasteiger charge is -2.04. The Hall–Kier alpha value is -1.25. The van der Waals surface area contributed by atoms with Crippen molar-refractivity contribution in [3.63, 3.8) is 0 Å². The first-order valence-electron chi connectivity index (χ1n) is 5.78. The van der Waals surface area contributed by atoms with Crippen LogP contribution in [0.4, 0.5) is 0 Å². The molecule has 0 unspecified atom stereocenters. The van der Waals surface area contributed by atoms with Crippen molar-refractivity contribution in [1.82, 2.24) is 5.16 Å². The number of rotatable bonds is 3. The van der Waals surface area contributed by atoms with Crippen LogP contribution < -0.4 is 0 Å². The van der Waals surface area contributed by atoms with Gasteiger partial charge in [-0.1, -0.05) is 47.1 Å². The smallest absolute Gasteiger partial charge is 0.147 e. The Kier molecular flexibility index (Phi) is 2.92. The highest BCUT2D eigenvalue weighted by Crippen LogP contribution is 2.46. The summed E-state index contributed by atoms with van der Waals surface area (Å²) in [5, 5.41) is 5.27. The van der Waals surface area contributed by atoms with Crippen LogP contribution in [0.25, 0.3) is 17.3 Å². The number of aromatic nitrogens is 1. The van der Waals surface area contributed by atoms with Gasteiger partial charge in [-0.05, 0) is 25.0 Å². The molecule has 0 atom stereocenters. The first-order chi connectivity index (χ1) is 8.72. The zero-order valence-electron chi connectivity index (χ0n) is 9.62. The fourth-order valence-electron chi connectivity index (χ4n) is 2.05. The minimum Gasteiger partial charge on any atom is -0.360 e. The minimum absolute atomic E-state index is 0.473. The molecule has 1 fully saturated rings. The third kappa shape index (κ3) is 1.86. The van der Waals surface area contributed by atoms with Crippen molar-refractivity contribution in [3.05, 3.63) is 46.1 Å². The molecule has 1 aromatic carbocycles. The second kappa shape index (κ2) is 4.45. The van der Waals surface area contributed by atoms with Gasteiger partial charge in [0.2, 0.25) is 0 Å². The number of hydrogen-bond acceptors (Lipinski definition) is 2. The molecule has 1 heterocycles. The largest absolute Gasteiger partial charge is 0.360 e. The Labute approximate surface area is 115 Å². The van der Waals surface area contributed by atoms with Crippen molar-refractivity contribution in [1.29, 1.82) is 0 Å². The summed E-state index contributed by atoms with van der Waals surface area (Å²) in [7, 11) is 0. The van der Waals surface area contributed by atoms with E-state index in [4.69, 9.17) is 27.7 Å². The standard InChI is InChI=1S/C14H11Cl2NO/c1-2-9-13(17-18-14(9)8-6-7-8)12-10(15)4-3-5-11(12)16/h2-5,8H,1,6-7H2. The van der Waals surface area contributed by atoms with E-state index >= 15 is 0 Å². The van der Waals surface area contributed by atoms with E-state index in [0.717, 1.165) is 24.2 Å². The van der Waals surface area contributed by atoms with E-state index in [1.807, 2.05) is 6.07 Å². The summed E-state index contributed by atoms with van der Waals surface area (Å²) in [6, 6.07) is 5.39. The minimum atomic E-state index is 0.473. The first-order valence-corrected chi connectivity index (χ1v) is 6.54. The van der Waals surface area contributed by atoms with Crippen LogP contribution in [-0.2, 0) is 0 Å². The van der Waals surface area contributed by atoms with E-state index in [-0.39, 0.29) is 0 Å². The van der Waals surface area contributed by atoms with Gasteiger partial charge in [-0.3, -0.25) is 0 Å². The lowest BCUT2D eigenvalue weighted by molar-refractivity contribution is 0.386. The number of benzene rings is 1. The molecule has 0 radical (unpaired) electrons. The fourth-order valence-corrected chi connectivity index (χ4v) is 2.63. The van der Waals surface area contributed by atoms with E-state index in [0.29, 0.717) is 27.2 Å². The third-order valence-electron chi connectivity index (χ3n) is 3.11. The Balaban J connectivity index is 2.19. The van der Waals surface area contributed by atoms with Crippen LogP contribution >= 0.6 is 23.2 Å². The zero-order chi connectivity index (χ0) is 12.7. The van der Waals surface area contributed by atoms with Gasteiger partial charge < -0.3 is 4.52 Å². The summed E-state index contributed by atoms with van der Waals surface area (Å²) < 4.78 is 5.44. The van der Waals surface area contributed by atoms with Crippen molar-refractivity contribution in [2.45, 2.75) is 18.8 Å². The van der Waals surface area contributed by atoms with Crippen molar-refractivity contribution < 1.29 is 4.52 Å². The van der Waals surface area contributed by atoms with Crippen LogP contribution in [-0.4, -0.2) is 5.16 Å². The molecule has 92 valence electrons. The number of nitrogens with zero attached hydrogens (tertiary/aromatic N) is 1. The summed E-state index contributed by atoms with van der Waals surface area (Å²) in [6.07, 6.45) is 4.05. The maximum atomic E-state index is 6.20. The van der Waals surface area contributed by atoms with E-state index in [9.17, 15) is 0 Å². The van der Waals surface area contributed by atoms with Crippen LogP contribution in [0.5, 0.6) is 0 Å². The Morgan fingerprint density at radius 3 is 2.50 bits per heavy atom. The number of hydrogen-bond donors (Lipinski definition) is 0. The molecule has 0 saturated heterocycles. The average Bonchev–Trinajstić information content (AvgIpc) is 3.10. The maximum Gasteiger partial charge on any atom is 0.147 e. The summed E-state index contributed by atoms with van der Waals surface area (Å²) >= 11 is 12.4. The second-order valence-corrected chi connectivity index (χ2v) is 5.20. The highest BCUT2D eigenvalue weighted by atomic mass is 35.5. The lowest BCUT2D eigenvalue weighted by atomic mass is 10.0. The number of halogens is 2. The fraction of sp³-hybridized carbons (Fsp3) is 0.214. The Bertz CT molecular complexity index is 594. The van der Waals surface area contributed by atoms with Gasteiger partial charge >= 0.3 is 0 Å². The van der Waals surface area contributed by atoms with Gasteiger partial charge in [0.05, 0.1) is 10.0 Å². The van der Waals surface area contributed by atoms with Crippen LogP contribution in [0.15, 0.2) is 29.3 Å². The van der Waals surface area contributed by atoms with Crippen molar-refractivity contribution in [2.24, 2.45) is 0 Å². The SMILES string of the molecule is C=Cc1c(-c2c(Cl)cccc2Cl)noc1C1CC1. The molecule has 0 spiro atoms. The summed E-state index contributed by atoms with van der Waals surface area (Å²) in [5.74, 6) is 1.37. The van der Waals surface area contributed by atoms with Crippen LogP contribution in [0.2, 0.25) is 10.0 Å². The van der Waals surface area contributed by atoms with Crippen LogP contribution in [0.3, 0.4) is 0 Å². The molecular weight excluding hydrogens is 269 g/mol. The van der Waals surface area contributed by atoms with Gasteiger partial charge in [0.15, 0.2) is 0 Å². The van der Waals surface area contributed by atoms with Crippen molar-refractivity contribution in [3.8, 4) is 11.3 Å². The van der Waals surface area contributed by atoms with Gasteiger partial charge in [0.1, 0.15) is 11.5 Å². The van der Waals surface area contributed by atoms with Crippen molar-refractivity contribution >= 4 is 29.3 Å². The molecule has 3 rings (SSSR count). The monoisotopic (exact) mass is 279 g/mol. The predicted octanol–water partition coefficient (Wildman–Crippen LogP) is 5.17. The predicted molar refractivity (Wildman–Crippen MR) is 74.0 cm³/mol. The molecule has 1 aromatic heterocycles. The van der Waals surface area contributed by atoms with Gasteiger partial charge in [0, 0.05) is 17.0 Å². The van der Waals surface area contributed by atoms with Crippen molar-refractivity contribution in [2.75, 3.05) is 0 Å². The molecule has 2 nitrogen and oxygen atoms in total. The lowest BCUT2D eigenvalue weighted by Crippen LogP contribution is -1.86. The molecule has 18 heavy (non-hydrogen) atoms. The molecule has 2 aromatic rings. The van der Waals surface area contributed by atoms with Gasteiger partial charge in [0.25, 0.3) is 0 Å². The van der Waals surface area contributed by atoms with Crippen LogP contribution in [0, 0.1) is 0 Å². The Morgan fingerprint density at radius 2 is 1.94 bits per heavy atom. The first kappa shape index (κ1) is 11.8. The summed E-state index contributed by atoms with van der Waals surface area (Å²) in [4.78, 5) is 0. The summed E-state index contributed by atoms with van der Waals surface area (Å²) in [5.41, 5.74) is 2.31. The topological polar surface area (TPSA) is 26.0 Å². The quantitative estimate of drug-likeness (QED) is 0.775. The van der Waals surface area contributed by atoms with E-state index in [2.05, 4.69) is 11.7 Å². The third-order valence-corrected chi connectivity index (χ3v) is 3.74. The molecule has 1 aliphatic carbocycles.